The van der Waals surface area contributed by atoms with Gasteiger partial charge < -0.3 is 25.8 Å². The highest BCUT2D eigenvalue weighted by Gasteiger charge is 2.22. The van der Waals surface area contributed by atoms with Gasteiger partial charge in [0.2, 0.25) is 5.91 Å². The molecule has 0 spiro atoms. The molecule has 164 valence electrons. The van der Waals surface area contributed by atoms with Crippen molar-refractivity contribution >= 4 is 17.8 Å². The molecule has 0 bridgehead atoms. The number of aliphatic imine (C=N–C) groups is 1. The van der Waals surface area contributed by atoms with Crippen LogP contribution in [0, 0.1) is 0 Å². The number of rotatable bonds is 7. The van der Waals surface area contributed by atoms with E-state index in [2.05, 4.69) is 32.8 Å². The van der Waals surface area contributed by atoms with Crippen molar-refractivity contribution < 1.29 is 9.59 Å². The van der Waals surface area contributed by atoms with Crippen LogP contribution in [0.2, 0.25) is 0 Å². The van der Waals surface area contributed by atoms with Crippen LogP contribution in [-0.4, -0.2) is 79.9 Å². The van der Waals surface area contributed by atoms with Gasteiger partial charge in [0.05, 0.1) is 13.1 Å². The fourth-order valence-corrected chi connectivity index (χ4v) is 3.77. The number of guanidine groups is 1. The number of hydrogen-bond donors (Lipinski definition) is 3. The van der Waals surface area contributed by atoms with Crippen LogP contribution in [0.4, 0.5) is 0 Å². The van der Waals surface area contributed by atoms with E-state index in [1.165, 1.54) is 32.4 Å². The smallest absolute Gasteiger partial charge is 0.254 e. The summed E-state index contributed by atoms with van der Waals surface area (Å²) in [6, 6.07) is 7.49. The van der Waals surface area contributed by atoms with E-state index in [9.17, 15) is 9.59 Å². The summed E-state index contributed by atoms with van der Waals surface area (Å²) in [5.74, 6) is 0.603. The highest BCUT2D eigenvalue weighted by Crippen LogP contribution is 2.10. The minimum atomic E-state index is -0.107. The Morgan fingerprint density at radius 1 is 1.10 bits per heavy atom. The molecule has 3 N–H and O–H groups in total. The molecule has 0 unspecified atom stereocenters. The van der Waals surface area contributed by atoms with Crippen molar-refractivity contribution in [1.82, 2.24) is 25.8 Å². The number of piperidine rings is 1. The number of carbonyl (C=O) groups is 2. The van der Waals surface area contributed by atoms with Gasteiger partial charge in [-0.3, -0.25) is 9.59 Å². The second-order valence-electron chi connectivity index (χ2n) is 7.80. The molecule has 2 fully saturated rings. The number of nitrogens with one attached hydrogen (secondary N) is 3. The standard InChI is InChI=1S/C22H34N6O2/c1-2-23-22(25-10-14-27-12-4-3-5-13-27)26-16-18-6-8-19(9-7-18)21(30)28-15-11-24-20(29)17-28/h6-9H,2-5,10-17H2,1H3,(H,24,29)(H2,23,25,26). The first-order chi connectivity index (χ1) is 14.7. The number of carbonyl (C=O) groups excluding carboxylic acids is 2. The predicted molar refractivity (Wildman–Crippen MR) is 118 cm³/mol. The van der Waals surface area contributed by atoms with Crippen LogP contribution in [0.5, 0.6) is 0 Å². The molecule has 3 rings (SSSR count). The second-order valence-corrected chi connectivity index (χ2v) is 7.80. The second kappa shape index (κ2) is 11.5. The van der Waals surface area contributed by atoms with Crippen molar-refractivity contribution in [3.63, 3.8) is 0 Å². The Labute approximate surface area is 179 Å². The monoisotopic (exact) mass is 414 g/mol. The van der Waals surface area contributed by atoms with E-state index >= 15 is 0 Å². The molecular weight excluding hydrogens is 380 g/mol. The van der Waals surface area contributed by atoms with E-state index in [0.717, 1.165) is 31.2 Å². The van der Waals surface area contributed by atoms with Gasteiger partial charge in [-0.25, -0.2) is 4.99 Å². The molecule has 0 atom stereocenters. The van der Waals surface area contributed by atoms with Crippen molar-refractivity contribution in [2.24, 2.45) is 4.99 Å². The van der Waals surface area contributed by atoms with Gasteiger partial charge >= 0.3 is 0 Å². The zero-order valence-electron chi connectivity index (χ0n) is 18.0. The summed E-state index contributed by atoms with van der Waals surface area (Å²) in [7, 11) is 0. The zero-order chi connectivity index (χ0) is 21.2. The molecule has 2 saturated heterocycles. The van der Waals surface area contributed by atoms with Gasteiger partial charge in [-0.05, 0) is 50.6 Å². The molecule has 2 heterocycles. The Kier molecular flexibility index (Phi) is 8.50. The third-order valence-electron chi connectivity index (χ3n) is 5.46. The summed E-state index contributed by atoms with van der Waals surface area (Å²) in [6.07, 6.45) is 3.96. The summed E-state index contributed by atoms with van der Waals surface area (Å²) >= 11 is 0. The van der Waals surface area contributed by atoms with E-state index in [1.807, 2.05) is 24.3 Å². The third kappa shape index (κ3) is 6.73. The minimum absolute atomic E-state index is 0.104. The molecule has 1 aromatic carbocycles. The highest BCUT2D eigenvalue weighted by molar-refractivity contribution is 5.97. The van der Waals surface area contributed by atoms with Gasteiger partial charge in [-0.15, -0.1) is 0 Å². The molecule has 0 aromatic heterocycles. The average Bonchev–Trinajstić information content (AvgIpc) is 2.78. The lowest BCUT2D eigenvalue weighted by Gasteiger charge is -2.26. The van der Waals surface area contributed by atoms with Crippen molar-refractivity contribution in [2.45, 2.75) is 32.7 Å². The number of likely N-dealkylation sites (tertiary alicyclic amines) is 1. The van der Waals surface area contributed by atoms with Crippen LogP contribution in [0.3, 0.4) is 0 Å². The van der Waals surface area contributed by atoms with E-state index in [-0.39, 0.29) is 18.4 Å². The quantitative estimate of drug-likeness (QED) is 0.454. The molecule has 8 heteroatoms. The topological polar surface area (TPSA) is 89.1 Å². The zero-order valence-corrected chi connectivity index (χ0v) is 18.0. The summed E-state index contributed by atoms with van der Waals surface area (Å²) in [6.45, 7) is 8.90. The lowest BCUT2D eigenvalue weighted by molar-refractivity contribution is -0.123. The van der Waals surface area contributed by atoms with E-state index in [1.54, 1.807) is 4.90 Å². The largest absolute Gasteiger partial charge is 0.357 e. The van der Waals surface area contributed by atoms with Crippen molar-refractivity contribution in [3.8, 4) is 0 Å². The molecular formula is C22H34N6O2. The molecule has 2 aliphatic heterocycles. The van der Waals surface area contributed by atoms with Crippen LogP contribution >= 0.6 is 0 Å². The van der Waals surface area contributed by atoms with Crippen LogP contribution in [0.25, 0.3) is 0 Å². The van der Waals surface area contributed by atoms with Crippen molar-refractivity contribution in [2.75, 3.05) is 52.4 Å². The van der Waals surface area contributed by atoms with Gasteiger partial charge in [-0.1, -0.05) is 18.6 Å². The fourth-order valence-electron chi connectivity index (χ4n) is 3.77. The summed E-state index contributed by atoms with van der Waals surface area (Å²) in [4.78, 5) is 32.8. The van der Waals surface area contributed by atoms with Crippen molar-refractivity contribution in [1.29, 1.82) is 0 Å². The number of benzene rings is 1. The van der Waals surface area contributed by atoms with Crippen LogP contribution in [0.15, 0.2) is 29.3 Å². The van der Waals surface area contributed by atoms with Gasteiger partial charge in [-0.2, -0.15) is 0 Å². The molecule has 0 saturated carbocycles. The number of hydrogen-bond acceptors (Lipinski definition) is 4. The number of amides is 2. The third-order valence-corrected chi connectivity index (χ3v) is 5.46. The Hall–Kier alpha value is -2.61. The van der Waals surface area contributed by atoms with E-state index in [0.29, 0.717) is 25.2 Å². The average molecular weight is 415 g/mol. The van der Waals surface area contributed by atoms with Gasteiger partial charge in [0.1, 0.15) is 0 Å². The Balaban J connectivity index is 1.49. The normalized spacial score (nSPS) is 18.1. The van der Waals surface area contributed by atoms with Gasteiger partial charge in [0.15, 0.2) is 5.96 Å². The van der Waals surface area contributed by atoms with Crippen LogP contribution in [0.1, 0.15) is 42.1 Å². The van der Waals surface area contributed by atoms with Crippen LogP contribution < -0.4 is 16.0 Å². The summed E-state index contributed by atoms with van der Waals surface area (Å²) in [5.41, 5.74) is 1.64. The SMILES string of the molecule is CCNC(=NCc1ccc(C(=O)N2CCNC(=O)C2)cc1)NCCN1CCCCC1. The van der Waals surface area contributed by atoms with Crippen molar-refractivity contribution in [3.05, 3.63) is 35.4 Å². The lowest BCUT2D eigenvalue weighted by atomic mass is 10.1. The molecule has 0 aliphatic carbocycles. The molecule has 0 radical (unpaired) electrons. The Bertz CT molecular complexity index is 728. The molecule has 2 aliphatic rings. The summed E-state index contributed by atoms with van der Waals surface area (Å²) in [5, 5.41) is 9.44. The molecule has 1 aromatic rings. The van der Waals surface area contributed by atoms with Crippen LogP contribution in [-0.2, 0) is 11.3 Å². The predicted octanol–water partition coefficient (Wildman–Crippen LogP) is 0.800. The maximum Gasteiger partial charge on any atom is 0.254 e. The molecule has 30 heavy (non-hydrogen) atoms. The molecule has 2 amide bonds. The van der Waals surface area contributed by atoms with Gasteiger partial charge in [0, 0.05) is 38.3 Å². The highest BCUT2D eigenvalue weighted by atomic mass is 16.2. The first-order valence-electron chi connectivity index (χ1n) is 11.0. The number of nitrogens with zero attached hydrogens (tertiary/aromatic N) is 3. The van der Waals surface area contributed by atoms with E-state index in [4.69, 9.17) is 0 Å². The first-order valence-corrected chi connectivity index (χ1v) is 11.0. The van der Waals surface area contributed by atoms with E-state index < -0.39 is 0 Å². The first kappa shape index (κ1) is 22.1. The summed E-state index contributed by atoms with van der Waals surface area (Å²) < 4.78 is 0. The Morgan fingerprint density at radius 3 is 2.57 bits per heavy atom. The minimum Gasteiger partial charge on any atom is -0.357 e. The maximum atomic E-state index is 12.6. The fraction of sp³-hybridized carbons (Fsp3) is 0.591. The number of piperazine rings is 1. The lowest BCUT2D eigenvalue weighted by Crippen LogP contribution is -2.49. The molecule has 8 nitrogen and oxygen atoms in total. The Morgan fingerprint density at radius 2 is 1.87 bits per heavy atom. The maximum absolute atomic E-state index is 12.6. The van der Waals surface area contributed by atoms with Gasteiger partial charge in [0.25, 0.3) is 5.91 Å².